The number of rotatable bonds is 4. The molecule has 142 valence electrons. The summed E-state index contributed by atoms with van der Waals surface area (Å²) < 4.78 is 5.72. The van der Waals surface area contributed by atoms with Crippen LogP contribution in [0.5, 0.6) is 11.5 Å². The lowest BCUT2D eigenvalue weighted by Crippen LogP contribution is -2.53. The Morgan fingerprint density at radius 3 is 2.59 bits per heavy atom. The molecule has 0 saturated carbocycles. The van der Waals surface area contributed by atoms with Crippen molar-refractivity contribution in [2.75, 3.05) is 44.6 Å². The van der Waals surface area contributed by atoms with Crippen LogP contribution in [0, 0.1) is 0 Å². The number of aromatic nitrogens is 1. The first-order valence-corrected chi connectivity index (χ1v) is 9.46. The highest BCUT2D eigenvalue weighted by Crippen LogP contribution is 2.22. The van der Waals surface area contributed by atoms with Crippen LogP contribution >= 0.6 is 0 Å². The molecule has 1 atom stereocenters. The van der Waals surface area contributed by atoms with Gasteiger partial charge in [-0.05, 0) is 49.4 Å². The van der Waals surface area contributed by atoms with Crippen molar-refractivity contribution in [3.05, 3.63) is 48.8 Å². The van der Waals surface area contributed by atoms with Crippen LogP contribution in [0.15, 0.2) is 48.8 Å². The van der Waals surface area contributed by atoms with Crippen molar-refractivity contribution in [2.24, 2.45) is 0 Å². The molecule has 4 rings (SSSR count). The van der Waals surface area contributed by atoms with E-state index in [0.29, 0.717) is 17.5 Å². The number of nitrogens with one attached hydrogen (secondary N) is 2. The van der Waals surface area contributed by atoms with Crippen LogP contribution in [0.4, 0.5) is 10.5 Å². The molecule has 7 nitrogen and oxygen atoms in total. The SMILES string of the molecule is O=C(Nc1ccc(Oc2cccnc2)cc1)N1CCN([C@H]2CCNC2)CC1. The molecule has 0 unspecified atom stereocenters. The van der Waals surface area contributed by atoms with Gasteiger partial charge < -0.3 is 20.3 Å². The van der Waals surface area contributed by atoms with Gasteiger partial charge in [-0.15, -0.1) is 0 Å². The first-order valence-electron chi connectivity index (χ1n) is 9.46. The van der Waals surface area contributed by atoms with Crippen molar-refractivity contribution in [3.63, 3.8) is 0 Å². The fourth-order valence-electron chi connectivity index (χ4n) is 3.59. The van der Waals surface area contributed by atoms with E-state index >= 15 is 0 Å². The van der Waals surface area contributed by atoms with Gasteiger partial charge in [0.1, 0.15) is 11.5 Å². The molecule has 2 aromatic rings. The lowest BCUT2D eigenvalue weighted by molar-refractivity contribution is 0.119. The third kappa shape index (κ3) is 4.56. The predicted molar refractivity (Wildman–Crippen MR) is 104 cm³/mol. The van der Waals surface area contributed by atoms with Gasteiger partial charge in [0.2, 0.25) is 0 Å². The van der Waals surface area contributed by atoms with Gasteiger partial charge in [-0.1, -0.05) is 0 Å². The van der Waals surface area contributed by atoms with Crippen molar-refractivity contribution < 1.29 is 9.53 Å². The Bertz CT molecular complexity index is 739. The fourth-order valence-corrected chi connectivity index (χ4v) is 3.59. The smallest absolute Gasteiger partial charge is 0.321 e. The minimum Gasteiger partial charge on any atom is -0.456 e. The average Bonchev–Trinajstić information content (AvgIpc) is 3.25. The molecule has 1 aromatic carbocycles. The van der Waals surface area contributed by atoms with Crippen LogP contribution in [0.3, 0.4) is 0 Å². The number of pyridine rings is 1. The molecule has 0 spiro atoms. The summed E-state index contributed by atoms with van der Waals surface area (Å²) in [7, 11) is 0. The number of nitrogens with zero attached hydrogens (tertiary/aromatic N) is 3. The Balaban J connectivity index is 1.27. The highest BCUT2D eigenvalue weighted by atomic mass is 16.5. The second-order valence-corrected chi connectivity index (χ2v) is 6.91. The van der Waals surface area contributed by atoms with Crippen LogP contribution in [0.25, 0.3) is 0 Å². The van der Waals surface area contributed by atoms with Gasteiger partial charge in [0, 0.05) is 50.6 Å². The van der Waals surface area contributed by atoms with E-state index in [1.54, 1.807) is 12.4 Å². The van der Waals surface area contributed by atoms with Gasteiger partial charge in [0.15, 0.2) is 0 Å². The van der Waals surface area contributed by atoms with Crippen molar-refractivity contribution in [1.82, 2.24) is 20.1 Å². The predicted octanol–water partition coefficient (Wildman–Crippen LogP) is 2.39. The number of urea groups is 1. The van der Waals surface area contributed by atoms with Crippen molar-refractivity contribution in [1.29, 1.82) is 0 Å². The zero-order valence-corrected chi connectivity index (χ0v) is 15.3. The molecule has 1 aromatic heterocycles. The lowest BCUT2D eigenvalue weighted by Gasteiger charge is -2.37. The zero-order valence-electron chi connectivity index (χ0n) is 15.3. The average molecular weight is 367 g/mol. The molecule has 0 aliphatic carbocycles. The molecular weight excluding hydrogens is 342 g/mol. The maximum absolute atomic E-state index is 12.5. The normalized spacial score (nSPS) is 20.4. The van der Waals surface area contributed by atoms with Crippen LogP contribution in [0.1, 0.15) is 6.42 Å². The molecule has 7 heteroatoms. The molecule has 2 saturated heterocycles. The standard InChI is InChI=1S/C20H25N5O2/c26-20(25-12-10-24(11-13-25)17-7-9-22-14-17)23-16-3-5-18(6-4-16)27-19-2-1-8-21-15-19/h1-6,8,15,17,22H,7,9-14H2,(H,23,26)/t17-/m0/s1. The topological polar surface area (TPSA) is 69.7 Å². The molecule has 2 amide bonds. The second kappa shape index (κ2) is 8.37. The summed E-state index contributed by atoms with van der Waals surface area (Å²) in [5.41, 5.74) is 0.765. The number of amides is 2. The Morgan fingerprint density at radius 1 is 1.11 bits per heavy atom. The summed E-state index contributed by atoms with van der Waals surface area (Å²) in [6, 6.07) is 11.6. The molecule has 0 bridgehead atoms. The van der Waals surface area contributed by atoms with E-state index in [2.05, 4.69) is 20.5 Å². The maximum atomic E-state index is 12.5. The van der Waals surface area contributed by atoms with Crippen molar-refractivity contribution in [3.8, 4) is 11.5 Å². The molecule has 2 N–H and O–H groups in total. The van der Waals surface area contributed by atoms with Crippen molar-refractivity contribution in [2.45, 2.75) is 12.5 Å². The van der Waals surface area contributed by atoms with Crippen LogP contribution in [-0.4, -0.2) is 66.1 Å². The van der Waals surface area contributed by atoms with E-state index in [4.69, 9.17) is 4.74 Å². The molecule has 2 aliphatic rings. The molecular formula is C20H25N5O2. The second-order valence-electron chi connectivity index (χ2n) is 6.91. The third-order valence-electron chi connectivity index (χ3n) is 5.13. The summed E-state index contributed by atoms with van der Waals surface area (Å²) >= 11 is 0. The third-order valence-corrected chi connectivity index (χ3v) is 5.13. The summed E-state index contributed by atoms with van der Waals surface area (Å²) in [6.07, 6.45) is 4.58. The number of hydrogen-bond acceptors (Lipinski definition) is 5. The Morgan fingerprint density at radius 2 is 1.93 bits per heavy atom. The van der Waals surface area contributed by atoms with Crippen LogP contribution < -0.4 is 15.4 Å². The minimum atomic E-state index is -0.0416. The highest BCUT2D eigenvalue weighted by Gasteiger charge is 2.27. The van der Waals surface area contributed by atoms with E-state index in [0.717, 1.165) is 45.0 Å². The number of hydrogen-bond donors (Lipinski definition) is 2. The van der Waals surface area contributed by atoms with Crippen molar-refractivity contribution >= 4 is 11.7 Å². The summed E-state index contributed by atoms with van der Waals surface area (Å²) in [6.45, 7) is 5.59. The number of ether oxygens (including phenoxy) is 1. The molecule has 2 fully saturated rings. The maximum Gasteiger partial charge on any atom is 0.321 e. The molecule has 2 aliphatic heterocycles. The minimum absolute atomic E-state index is 0.0416. The van der Waals surface area contributed by atoms with Crippen LogP contribution in [0.2, 0.25) is 0 Å². The number of benzene rings is 1. The zero-order chi connectivity index (χ0) is 18.5. The summed E-state index contributed by atoms with van der Waals surface area (Å²) in [5, 5.41) is 6.38. The van der Waals surface area contributed by atoms with Gasteiger partial charge in [0.05, 0.1) is 6.20 Å². The van der Waals surface area contributed by atoms with Gasteiger partial charge in [-0.2, -0.15) is 0 Å². The van der Waals surface area contributed by atoms with E-state index in [9.17, 15) is 4.79 Å². The van der Waals surface area contributed by atoms with E-state index in [1.807, 2.05) is 41.3 Å². The fraction of sp³-hybridized carbons (Fsp3) is 0.400. The Hall–Kier alpha value is -2.64. The van der Waals surface area contributed by atoms with Gasteiger partial charge in [0.25, 0.3) is 0 Å². The van der Waals surface area contributed by atoms with E-state index in [1.165, 1.54) is 6.42 Å². The number of piperazine rings is 1. The first kappa shape index (κ1) is 17.8. The molecule has 0 radical (unpaired) electrons. The van der Waals surface area contributed by atoms with Crippen LogP contribution in [-0.2, 0) is 0 Å². The molecule has 27 heavy (non-hydrogen) atoms. The summed E-state index contributed by atoms with van der Waals surface area (Å²) in [4.78, 5) is 20.9. The monoisotopic (exact) mass is 367 g/mol. The first-order chi connectivity index (χ1) is 13.3. The largest absolute Gasteiger partial charge is 0.456 e. The van der Waals surface area contributed by atoms with E-state index < -0.39 is 0 Å². The van der Waals surface area contributed by atoms with Gasteiger partial charge in [-0.3, -0.25) is 9.88 Å². The lowest BCUT2D eigenvalue weighted by atomic mass is 10.2. The Labute approximate surface area is 159 Å². The van der Waals surface area contributed by atoms with Gasteiger partial charge in [-0.25, -0.2) is 4.79 Å². The highest BCUT2D eigenvalue weighted by molar-refractivity contribution is 5.89. The quantitative estimate of drug-likeness (QED) is 0.868. The van der Waals surface area contributed by atoms with E-state index in [-0.39, 0.29) is 6.03 Å². The molecule has 3 heterocycles. The number of anilines is 1. The number of carbonyl (C=O) groups is 1. The Kier molecular flexibility index (Phi) is 5.50. The number of carbonyl (C=O) groups excluding carboxylic acids is 1. The summed E-state index contributed by atoms with van der Waals surface area (Å²) in [5.74, 6) is 1.39. The van der Waals surface area contributed by atoms with Gasteiger partial charge >= 0.3 is 6.03 Å².